The molecule has 1 aromatic rings. The average molecular weight is 279 g/mol. The molecule has 2 rings (SSSR count). The molecule has 1 fully saturated rings. The fourth-order valence-electron chi connectivity index (χ4n) is 2.09. The Bertz CT molecular complexity index is 428. The number of hydrogen-bond donors (Lipinski definition) is 1. The number of anilines is 1. The lowest BCUT2D eigenvalue weighted by Gasteiger charge is -2.21. The van der Waals surface area contributed by atoms with E-state index < -0.39 is 0 Å². The van der Waals surface area contributed by atoms with Crippen LogP contribution in [-0.2, 0) is 4.79 Å². The van der Waals surface area contributed by atoms with Crippen molar-refractivity contribution in [2.24, 2.45) is 0 Å². The van der Waals surface area contributed by atoms with Gasteiger partial charge in [0, 0.05) is 0 Å². The molecule has 3 nitrogen and oxygen atoms in total. The van der Waals surface area contributed by atoms with Gasteiger partial charge in [0.1, 0.15) is 5.75 Å². The largest absolute Gasteiger partial charge is 0.489 e. The summed E-state index contributed by atoms with van der Waals surface area (Å²) in [6, 6.07) is 7.62. The van der Waals surface area contributed by atoms with Crippen LogP contribution in [-0.4, -0.2) is 23.0 Å². The highest BCUT2D eigenvalue weighted by molar-refractivity contribution is 8.00. The summed E-state index contributed by atoms with van der Waals surface area (Å²) in [4.78, 5) is 12.2. The summed E-state index contributed by atoms with van der Waals surface area (Å²) >= 11 is 1.76. The predicted octanol–water partition coefficient (Wildman–Crippen LogP) is 3.70. The number of hydrogen-bond acceptors (Lipinski definition) is 3. The summed E-state index contributed by atoms with van der Waals surface area (Å²) in [5, 5.41) is 3.08. The number of rotatable bonds is 4. The molecule has 0 spiro atoms. The Labute approximate surface area is 119 Å². The molecule has 19 heavy (non-hydrogen) atoms. The average Bonchev–Trinajstić information content (AvgIpc) is 2.41. The van der Waals surface area contributed by atoms with E-state index >= 15 is 0 Å². The second-order valence-electron chi connectivity index (χ2n) is 5.01. The lowest BCUT2D eigenvalue weighted by Crippen LogP contribution is -2.27. The molecular formula is C15H21NO2S. The maximum absolute atomic E-state index is 12.2. The minimum Gasteiger partial charge on any atom is -0.489 e. The smallest absolute Gasteiger partial charge is 0.237 e. The number of para-hydroxylation sites is 2. The molecule has 1 N–H and O–H groups in total. The topological polar surface area (TPSA) is 38.3 Å². The van der Waals surface area contributed by atoms with Gasteiger partial charge in [-0.2, -0.15) is 0 Å². The standard InChI is InChI=1S/C15H21NO2S/c1-11(2)18-13-8-4-3-7-12(13)16-15(17)14-9-5-6-10-19-14/h3-4,7-8,11,14H,5-6,9-10H2,1-2H3,(H,16,17). The zero-order valence-corrected chi connectivity index (χ0v) is 12.3. The minimum absolute atomic E-state index is 0.0841. The molecule has 0 aromatic heterocycles. The molecule has 1 saturated heterocycles. The van der Waals surface area contributed by atoms with Crippen LogP contribution in [0, 0.1) is 0 Å². The SMILES string of the molecule is CC(C)Oc1ccccc1NC(=O)C1CCCCS1. The highest BCUT2D eigenvalue weighted by Gasteiger charge is 2.22. The second-order valence-corrected chi connectivity index (χ2v) is 6.32. The first-order valence-electron chi connectivity index (χ1n) is 6.85. The molecule has 4 heteroatoms. The lowest BCUT2D eigenvalue weighted by molar-refractivity contribution is -0.115. The Morgan fingerprint density at radius 3 is 2.84 bits per heavy atom. The van der Waals surface area contributed by atoms with Crippen molar-refractivity contribution in [1.82, 2.24) is 0 Å². The number of carbonyl (C=O) groups is 1. The van der Waals surface area contributed by atoms with Crippen LogP contribution in [0.15, 0.2) is 24.3 Å². The molecule has 0 radical (unpaired) electrons. The van der Waals surface area contributed by atoms with Crippen LogP contribution in [0.25, 0.3) is 0 Å². The third kappa shape index (κ3) is 4.16. The molecule has 1 heterocycles. The van der Waals surface area contributed by atoms with Gasteiger partial charge >= 0.3 is 0 Å². The first kappa shape index (κ1) is 14.3. The Balaban J connectivity index is 2.03. The fourth-order valence-corrected chi connectivity index (χ4v) is 3.29. The number of ether oxygens (including phenoxy) is 1. The van der Waals surface area contributed by atoms with Gasteiger partial charge in [0.2, 0.25) is 5.91 Å². The summed E-state index contributed by atoms with van der Waals surface area (Å²) in [6.45, 7) is 3.96. The van der Waals surface area contributed by atoms with Gasteiger partial charge in [0.05, 0.1) is 17.0 Å². The van der Waals surface area contributed by atoms with E-state index in [1.807, 2.05) is 38.1 Å². The van der Waals surface area contributed by atoms with E-state index in [2.05, 4.69) is 5.32 Å². The van der Waals surface area contributed by atoms with Gasteiger partial charge in [-0.15, -0.1) is 11.8 Å². The fraction of sp³-hybridized carbons (Fsp3) is 0.533. The van der Waals surface area contributed by atoms with E-state index in [1.165, 1.54) is 6.42 Å². The van der Waals surface area contributed by atoms with Crippen molar-refractivity contribution in [2.75, 3.05) is 11.1 Å². The highest BCUT2D eigenvalue weighted by atomic mass is 32.2. The summed E-state index contributed by atoms with van der Waals surface area (Å²) in [5.41, 5.74) is 0.771. The third-order valence-corrected chi connectivity index (χ3v) is 4.36. The van der Waals surface area contributed by atoms with Gasteiger partial charge in [-0.05, 0) is 44.6 Å². The monoisotopic (exact) mass is 279 g/mol. The molecule has 1 amide bonds. The van der Waals surface area contributed by atoms with Gasteiger partial charge in [-0.1, -0.05) is 18.6 Å². The van der Waals surface area contributed by atoms with Gasteiger partial charge in [0.15, 0.2) is 0 Å². The second kappa shape index (κ2) is 6.85. The van der Waals surface area contributed by atoms with Crippen molar-refractivity contribution >= 4 is 23.4 Å². The number of benzene rings is 1. The number of thioether (sulfide) groups is 1. The van der Waals surface area contributed by atoms with Gasteiger partial charge in [-0.25, -0.2) is 0 Å². The van der Waals surface area contributed by atoms with Gasteiger partial charge in [0.25, 0.3) is 0 Å². The molecule has 1 aliphatic rings. The van der Waals surface area contributed by atoms with Crippen LogP contribution >= 0.6 is 11.8 Å². The Hall–Kier alpha value is -1.16. The summed E-state index contributed by atoms with van der Waals surface area (Å²) < 4.78 is 5.71. The summed E-state index contributed by atoms with van der Waals surface area (Å²) in [7, 11) is 0. The molecule has 1 atom stereocenters. The van der Waals surface area contributed by atoms with Crippen molar-refractivity contribution in [3.05, 3.63) is 24.3 Å². The van der Waals surface area contributed by atoms with Gasteiger partial charge in [-0.3, -0.25) is 4.79 Å². The van der Waals surface area contributed by atoms with E-state index in [-0.39, 0.29) is 17.3 Å². The molecule has 0 aliphatic carbocycles. The zero-order chi connectivity index (χ0) is 13.7. The van der Waals surface area contributed by atoms with E-state index in [1.54, 1.807) is 11.8 Å². The first-order chi connectivity index (χ1) is 9.16. The molecule has 104 valence electrons. The Kier molecular flexibility index (Phi) is 5.14. The van der Waals surface area contributed by atoms with E-state index in [9.17, 15) is 4.79 Å². The van der Waals surface area contributed by atoms with Crippen LogP contribution < -0.4 is 10.1 Å². The van der Waals surface area contributed by atoms with Gasteiger partial charge < -0.3 is 10.1 Å². The maximum atomic E-state index is 12.2. The number of carbonyl (C=O) groups excluding carboxylic acids is 1. The van der Waals surface area contributed by atoms with Crippen LogP contribution in [0.1, 0.15) is 33.1 Å². The molecule has 0 bridgehead atoms. The van der Waals surface area contributed by atoms with Crippen LogP contribution in [0.5, 0.6) is 5.75 Å². The third-order valence-electron chi connectivity index (χ3n) is 2.98. The maximum Gasteiger partial charge on any atom is 0.237 e. The molecule has 1 unspecified atom stereocenters. The van der Waals surface area contributed by atoms with Crippen molar-refractivity contribution in [3.63, 3.8) is 0 Å². The summed E-state index contributed by atoms with van der Waals surface area (Å²) in [6.07, 6.45) is 3.45. The van der Waals surface area contributed by atoms with Crippen LogP contribution in [0.3, 0.4) is 0 Å². The minimum atomic E-state index is 0.0841. The van der Waals surface area contributed by atoms with E-state index in [0.717, 1.165) is 30.0 Å². The van der Waals surface area contributed by atoms with Crippen molar-refractivity contribution in [3.8, 4) is 5.75 Å². The number of amides is 1. The molecule has 1 aliphatic heterocycles. The quantitative estimate of drug-likeness (QED) is 0.913. The molecular weight excluding hydrogens is 258 g/mol. The molecule has 0 saturated carbocycles. The zero-order valence-electron chi connectivity index (χ0n) is 11.5. The lowest BCUT2D eigenvalue weighted by atomic mass is 10.1. The summed E-state index contributed by atoms with van der Waals surface area (Å²) in [5.74, 6) is 1.93. The first-order valence-corrected chi connectivity index (χ1v) is 7.90. The Morgan fingerprint density at radius 2 is 2.16 bits per heavy atom. The van der Waals surface area contributed by atoms with E-state index in [0.29, 0.717) is 0 Å². The van der Waals surface area contributed by atoms with E-state index in [4.69, 9.17) is 4.74 Å². The van der Waals surface area contributed by atoms with Crippen molar-refractivity contribution in [2.45, 2.75) is 44.5 Å². The van der Waals surface area contributed by atoms with Crippen LogP contribution in [0.2, 0.25) is 0 Å². The van der Waals surface area contributed by atoms with Crippen molar-refractivity contribution in [1.29, 1.82) is 0 Å². The highest BCUT2D eigenvalue weighted by Crippen LogP contribution is 2.29. The normalized spacial score (nSPS) is 19.2. The molecule has 1 aromatic carbocycles. The Morgan fingerprint density at radius 1 is 1.37 bits per heavy atom. The van der Waals surface area contributed by atoms with Crippen molar-refractivity contribution < 1.29 is 9.53 Å². The number of nitrogens with one attached hydrogen (secondary N) is 1. The van der Waals surface area contributed by atoms with Crippen LogP contribution in [0.4, 0.5) is 5.69 Å². The predicted molar refractivity (Wildman–Crippen MR) is 80.9 cm³/mol.